The summed E-state index contributed by atoms with van der Waals surface area (Å²) >= 11 is 0. The van der Waals surface area contributed by atoms with Gasteiger partial charge in [-0.1, -0.05) is 6.42 Å². The summed E-state index contributed by atoms with van der Waals surface area (Å²) in [5.74, 6) is 1.72. The number of ether oxygens (including phenoxy) is 1. The van der Waals surface area contributed by atoms with Crippen LogP contribution in [0.3, 0.4) is 0 Å². The highest BCUT2D eigenvalue weighted by Crippen LogP contribution is 2.27. The lowest BCUT2D eigenvalue weighted by atomic mass is 10.0. The number of hydrogen-bond donors (Lipinski definition) is 0. The Balaban J connectivity index is 1.97. The zero-order valence-corrected chi connectivity index (χ0v) is 10.8. The van der Waals surface area contributed by atoms with Crippen LogP contribution in [-0.2, 0) is 0 Å². The molecule has 5 nitrogen and oxygen atoms in total. The van der Waals surface area contributed by atoms with Crippen LogP contribution in [0, 0.1) is 0 Å². The normalized spacial score (nSPS) is 21.3. The number of rotatable bonds is 2. The van der Waals surface area contributed by atoms with E-state index in [0.29, 0.717) is 6.04 Å². The third-order valence-electron chi connectivity index (χ3n) is 3.62. The summed E-state index contributed by atoms with van der Waals surface area (Å²) in [5.41, 5.74) is 0.879. The summed E-state index contributed by atoms with van der Waals surface area (Å²) in [4.78, 5) is 6.96. The van der Waals surface area contributed by atoms with Crippen molar-refractivity contribution < 1.29 is 4.74 Å². The summed E-state index contributed by atoms with van der Waals surface area (Å²) in [6.07, 6.45) is 5.54. The second kappa shape index (κ2) is 4.57. The molecule has 18 heavy (non-hydrogen) atoms. The summed E-state index contributed by atoms with van der Waals surface area (Å²) in [6, 6.07) is 4.21. The van der Waals surface area contributed by atoms with E-state index in [1.807, 2.05) is 18.3 Å². The zero-order chi connectivity index (χ0) is 12.5. The molecule has 2 aromatic heterocycles. The molecule has 0 aromatic carbocycles. The van der Waals surface area contributed by atoms with Crippen LogP contribution < -0.4 is 4.74 Å². The Labute approximate surface area is 106 Å². The van der Waals surface area contributed by atoms with Gasteiger partial charge in [0, 0.05) is 0 Å². The summed E-state index contributed by atoms with van der Waals surface area (Å²) in [5, 5.41) is 4.58. The molecule has 1 unspecified atom stereocenters. The lowest BCUT2D eigenvalue weighted by Crippen LogP contribution is -2.30. The van der Waals surface area contributed by atoms with E-state index in [1.165, 1.54) is 12.8 Å². The van der Waals surface area contributed by atoms with Crippen LogP contribution in [0.25, 0.3) is 5.65 Å². The van der Waals surface area contributed by atoms with E-state index in [4.69, 9.17) is 4.74 Å². The summed E-state index contributed by atoms with van der Waals surface area (Å²) in [6.45, 7) is 1.13. The van der Waals surface area contributed by atoms with E-state index >= 15 is 0 Å². The van der Waals surface area contributed by atoms with E-state index < -0.39 is 0 Å². The number of pyridine rings is 1. The maximum atomic E-state index is 5.20. The molecule has 0 amide bonds. The minimum absolute atomic E-state index is 0.352. The maximum Gasteiger partial charge on any atom is 0.168 e. The number of nitrogens with zero attached hydrogens (tertiary/aromatic N) is 4. The van der Waals surface area contributed by atoms with Gasteiger partial charge in [0.2, 0.25) is 0 Å². The van der Waals surface area contributed by atoms with Crippen molar-refractivity contribution in [3.05, 3.63) is 24.2 Å². The monoisotopic (exact) mass is 246 g/mol. The average Bonchev–Trinajstić information content (AvgIpc) is 2.81. The molecule has 5 heteroatoms. The fourth-order valence-electron chi connectivity index (χ4n) is 2.54. The van der Waals surface area contributed by atoms with Crippen molar-refractivity contribution in [1.82, 2.24) is 19.5 Å². The van der Waals surface area contributed by atoms with Crippen LogP contribution in [0.4, 0.5) is 0 Å². The first-order chi connectivity index (χ1) is 8.78. The predicted molar refractivity (Wildman–Crippen MR) is 68.8 cm³/mol. The molecule has 0 radical (unpaired) electrons. The lowest BCUT2D eigenvalue weighted by Gasteiger charge is -2.30. The first-order valence-corrected chi connectivity index (χ1v) is 6.38. The molecule has 1 atom stereocenters. The lowest BCUT2D eigenvalue weighted by molar-refractivity contribution is 0.179. The first-order valence-electron chi connectivity index (χ1n) is 6.38. The maximum absolute atomic E-state index is 5.20. The van der Waals surface area contributed by atoms with Gasteiger partial charge in [-0.25, -0.2) is 9.50 Å². The van der Waals surface area contributed by atoms with Crippen LogP contribution in [0.5, 0.6) is 5.75 Å². The Kier molecular flexibility index (Phi) is 2.91. The van der Waals surface area contributed by atoms with Gasteiger partial charge in [-0.05, 0) is 38.6 Å². The van der Waals surface area contributed by atoms with Gasteiger partial charge in [-0.2, -0.15) is 0 Å². The van der Waals surface area contributed by atoms with Crippen molar-refractivity contribution >= 4 is 5.65 Å². The van der Waals surface area contributed by atoms with Gasteiger partial charge in [0.1, 0.15) is 5.75 Å². The topological polar surface area (TPSA) is 42.7 Å². The van der Waals surface area contributed by atoms with Crippen LogP contribution >= 0.6 is 0 Å². The van der Waals surface area contributed by atoms with Crippen molar-refractivity contribution in [2.45, 2.75) is 25.3 Å². The van der Waals surface area contributed by atoms with E-state index in [9.17, 15) is 0 Å². The Hall–Kier alpha value is -1.62. The van der Waals surface area contributed by atoms with Crippen LogP contribution in [0.15, 0.2) is 18.3 Å². The minimum atomic E-state index is 0.352. The average molecular weight is 246 g/mol. The molecule has 1 saturated heterocycles. The van der Waals surface area contributed by atoms with Gasteiger partial charge in [0.15, 0.2) is 11.5 Å². The Morgan fingerprint density at radius 3 is 3.00 bits per heavy atom. The van der Waals surface area contributed by atoms with Crippen LogP contribution in [0.2, 0.25) is 0 Å². The molecule has 0 spiro atoms. The summed E-state index contributed by atoms with van der Waals surface area (Å²) < 4.78 is 7.00. The number of aromatic nitrogens is 3. The first kappa shape index (κ1) is 11.5. The van der Waals surface area contributed by atoms with Crippen molar-refractivity contribution in [2.75, 3.05) is 20.7 Å². The largest absolute Gasteiger partial charge is 0.495 e. The summed E-state index contributed by atoms with van der Waals surface area (Å²) in [7, 11) is 3.81. The molecule has 2 aromatic rings. The third kappa shape index (κ3) is 1.95. The molecule has 96 valence electrons. The van der Waals surface area contributed by atoms with Gasteiger partial charge in [-0.3, -0.25) is 4.90 Å². The second-order valence-electron chi connectivity index (χ2n) is 4.83. The van der Waals surface area contributed by atoms with E-state index in [0.717, 1.165) is 30.2 Å². The predicted octanol–water partition coefficient (Wildman–Crippen LogP) is 1.89. The SMILES string of the molecule is COc1ccc2nc(C3CCCCN3C)nn2c1. The Morgan fingerprint density at radius 1 is 1.33 bits per heavy atom. The van der Waals surface area contributed by atoms with Crippen molar-refractivity contribution in [3.63, 3.8) is 0 Å². The fraction of sp³-hybridized carbons (Fsp3) is 0.538. The molecule has 1 aliphatic rings. The number of fused-ring (bicyclic) bond motifs is 1. The highest BCUT2D eigenvalue weighted by molar-refractivity contribution is 5.40. The van der Waals surface area contributed by atoms with Crippen LogP contribution in [-0.4, -0.2) is 40.2 Å². The zero-order valence-electron chi connectivity index (χ0n) is 10.8. The highest BCUT2D eigenvalue weighted by Gasteiger charge is 2.24. The van der Waals surface area contributed by atoms with Crippen molar-refractivity contribution in [3.8, 4) is 5.75 Å². The number of hydrogen-bond acceptors (Lipinski definition) is 4. The van der Waals surface area contributed by atoms with E-state index in [-0.39, 0.29) is 0 Å². The van der Waals surface area contributed by atoms with Crippen molar-refractivity contribution in [1.29, 1.82) is 0 Å². The number of likely N-dealkylation sites (tertiary alicyclic amines) is 1. The third-order valence-corrected chi connectivity index (χ3v) is 3.62. The van der Waals surface area contributed by atoms with Gasteiger partial charge in [-0.15, -0.1) is 5.10 Å². The molecule has 3 heterocycles. The Morgan fingerprint density at radius 2 is 2.22 bits per heavy atom. The van der Waals surface area contributed by atoms with Gasteiger partial charge in [0.25, 0.3) is 0 Å². The standard InChI is InChI=1S/C13H18N4O/c1-16-8-4-3-5-11(16)13-14-12-7-6-10(18-2)9-17(12)15-13/h6-7,9,11H,3-5,8H2,1-2H3. The molecule has 1 aliphatic heterocycles. The smallest absolute Gasteiger partial charge is 0.168 e. The molecular weight excluding hydrogens is 228 g/mol. The second-order valence-corrected chi connectivity index (χ2v) is 4.83. The quantitative estimate of drug-likeness (QED) is 0.811. The minimum Gasteiger partial charge on any atom is -0.495 e. The van der Waals surface area contributed by atoms with Gasteiger partial charge >= 0.3 is 0 Å². The molecular formula is C13H18N4O. The highest BCUT2D eigenvalue weighted by atomic mass is 16.5. The molecule has 0 aliphatic carbocycles. The van der Waals surface area contributed by atoms with Crippen molar-refractivity contribution in [2.24, 2.45) is 0 Å². The van der Waals surface area contributed by atoms with Gasteiger partial charge in [0.05, 0.1) is 19.3 Å². The molecule has 3 rings (SSSR count). The van der Waals surface area contributed by atoms with E-state index in [2.05, 4.69) is 22.0 Å². The van der Waals surface area contributed by atoms with E-state index in [1.54, 1.807) is 11.6 Å². The fourth-order valence-corrected chi connectivity index (χ4v) is 2.54. The Bertz CT molecular complexity index is 551. The molecule has 0 N–H and O–H groups in total. The molecule has 1 fully saturated rings. The number of piperidine rings is 1. The molecule has 0 bridgehead atoms. The van der Waals surface area contributed by atoms with Crippen LogP contribution in [0.1, 0.15) is 31.1 Å². The number of methoxy groups -OCH3 is 1. The molecule has 0 saturated carbocycles. The van der Waals surface area contributed by atoms with Gasteiger partial charge < -0.3 is 4.74 Å².